The van der Waals surface area contributed by atoms with Crippen molar-refractivity contribution in [2.75, 3.05) is 13.2 Å². The number of hydrogen-bond acceptors (Lipinski definition) is 3. The smallest absolute Gasteiger partial charge is 0.223 e. The van der Waals surface area contributed by atoms with Crippen LogP contribution < -0.4 is 5.32 Å². The first-order valence-corrected chi connectivity index (χ1v) is 9.52. The van der Waals surface area contributed by atoms with Crippen LogP contribution in [0.5, 0.6) is 0 Å². The molecule has 2 atom stereocenters. The topological polar surface area (TPSA) is 51.5 Å². The van der Waals surface area contributed by atoms with Crippen molar-refractivity contribution in [3.8, 4) is 0 Å². The summed E-state index contributed by atoms with van der Waals surface area (Å²) in [5.74, 6) is 1.45. The van der Waals surface area contributed by atoms with Gasteiger partial charge in [0.1, 0.15) is 5.76 Å². The van der Waals surface area contributed by atoms with E-state index >= 15 is 0 Å². The van der Waals surface area contributed by atoms with Crippen molar-refractivity contribution in [3.05, 3.63) is 60.1 Å². The van der Waals surface area contributed by atoms with Crippen LogP contribution >= 0.6 is 0 Å². The molecule has 0 spiro atoms. The lowest BCUT2D eigenvalue weighted by Gasteiger charge is -2.34. The molecule has 0 saturated carbocycles. The summed E-state index contributed by atoms with van der Waals surface area (Å²) in [6.45, 7) is 5.43. The zero-order valence-corrected chi connectivity index (χ0v) is 15.7. The van der Waals surface area contributed by atoms with Gasteiger partial charge in [-0.05, 0) is 57.2 Å². The van der Waals surface area contributed by atoms with Crippen molar-refractivity contribution in [3.63, 3.8) is 0 Å². The SMILES string of the molecule is CC1(C)C[C@H](C(=O)NCC[C@@H](Cc2ccccc2)c2ccco2)CCO1. The first-order valence-electron chi connectivity index (χ1n) is 9.52. The minimum atomic E-state index is -0.204. The number of amides is 1. The van der Waals surface area contributed by atoms with Gasteiger partial charge < -0.3 is 14.5 Å². The maximum absolute atomic E-state index is 12.5. The van der Waals surface area contributed by atoms with Crippen molar-refractivity contribution in [2.24, 2.45) is 5.92 Å². The minimum absolute atomic E-state index is 0.0509. The van der Waals surface area contributed by atoms with Crippen molar-refractivity contribution in [2.45, 2.75) is 51.0 Å². The molecule has 0 radical (unpaired) electrons. The largest absolute Gasteiger partial charge is 0.469 e. The van der Waals surface area contributed by atoms with Crippen LogP contribution in [0, 0.1) is 5.92 Å². The molecule has 0 aliphatic carbocycles. The van der Waals surface area contributed by atoms with Gasteiger partial charge in [-0.25, -0.2) is 0 Å². The summed E-state index contributed by atoms with van der Waals surface area (Å²) in [5, 5.41) is 3.13. The molecule has 3 rings (SSSR count). The number of hydrogen-bond donors (Lipinski definition) is 1. The van der Waals surface area contributed by atoms with E-state index in [-0.39, 0.29) is 23.3 Å². The van der Waals surface area contributed by atoms with E-state index in [1.165, 1.54) is 5.56 Å². The molecular weight excluding hydrogens is 326 g/mol. The Morgan fingerprint density at radius 2 is 2.04 bits per heavy atom. The third-order valence-corrected chi connectivity index (χ3v) is 5.13. The van der Waals surface area contributed by atoms with Crippen molar-refractivity contribution < 1.29 is 13.9 Å². The molecule has 1 aromatic heterocycles. The van der Waals surface area contributed by atoms with Crippen LogP contribution in [0.1, 0.15) is 50.4 Å². The predicted octanol–water partition coefficient (Wildman–Crippen LogP) is 4.32. The summed E-state index contributed by atoms with van der Waals surface area (Å²) in [7, 11) is 0. The molecule has 2 heterocycles. The van der Waals surface area contributed by atoms with Gasteiger partial charge in [0.25, 0.3) is 0 Å². The second-order valence-corrected chi connectivity index (χ2v) is 7.78. The predicted molar refractivity (Wildman–Crippen MR) is 102 cm³/mol. The number of rotatable bonds is 7. The Kier molecular flexibility index (Phi) is 6.15. The van der Waals surface area contributed by atoms with Crippen LogP contribution in [0.15, 0.2) is 53.1 Å². The lowest BCUT2D eigenvalue weighted by atomic mass is 9.87. The van der Waals surface area contributed by atoms with E-state index in [4.69, 9.17) is 9.15 Å². The number of ether oxygens (including phenoxy) is 1. The molecule has 1 amide bonds. The fraction of sp³-hybridized carbons (Fsp3) is 0.500. The van der Waals surface area contributed by atoms with Gasteiger partial charge in [-0.3, -0.25) is 4.79 Å². The number of carbonyl (C=O) groups is 1. The van der Waals surface area contributed by atoms with E-state index in [2.05, 4.69) is 43.4 Å². The lowest BCUT2D eigenvalue weighted by Crippen LogP contribution is -2.41. The van der Waals surface area contributed by atoms with Crippen LogP contribution in [0.2, 0.25) is 0 Å². The maximum Gasteiger partial charge on any atom is 0.223 e. The number of benzene rings is 1. The molecule has 1 aliphatic rings. The molecule has 0 unspecified atom stereocenters. The first-order chi connectivity index (χ1) is 12.5. The Morgan fingerprint density at radius 1 is 1.23 bits per heavy atom. The molecular formula is C22H29NO3. The highest BCUT2D eigenvalue weighted by molar-refractivity contribution is 5.78. The van der Waals surface area contributed by atoms with Gasteiger partial charge in [0.2, 0.25) is 5.91 Å². The molecule has 1 N–H and O–H groups in total. The lowest BCUT2D eigenvalue weighted by molar-refractivity contribution is -0.135. The Morgan fingerprint density at radius 3 is 2.73 bits per heavy atom. The molecule has 4 nitrogen and oxygen atoms in total. The second-order valence-electron chi connectivity index (χ2n) is 7.78. The summed E-state index contributed by atoms with van der Waals surface area (Å²) in [6, 6.07) is 14.4. The van der Waals surface area contributed by atoms with Crippen LogP contribution in [-0.2, 0) is 16.0 Å². The van der Waals surface area contributed by atoms with E-state index in [1.807, 2.05) is 18.2 Å². The Labute approximate surface area is 155 Å². The van der Waals surface area contributed by atoms with Crippen molar-refractivity contribution in [1.82, 2.24) is 5.32 Å². The second kappa shape index (κ2) is 8.54. The van der Waals surface area contributed by atoms with Crippen molar-refractivity contribution in [1.29, 1.82) is 0 Å². The summed E-state index contributed by atoms with van der Waals surface area (Å²) in [6.07, 6.45) is 5.08. The third-order valence-electron chi connectivity index (χ3n) is 5.13. The van der Waals surface area contributed by atoms with Gasteiger partial charge in [-0.15, -0.1) is 0 Å². The van der Waals surface area contributed by atoms with E-state index in [0.29, 0.717) is 13.2 Å². The first kappa shape index (κ1) is 18.7. The fourth-order valence-corrected chi connectivity index (χ4v) is 3.74. The zero-order chi connectivity index (χ0) is 18.4. The summed E-state index contributed by atoms with van der Waals surface area (Å²) in [4.78, 5) is 12.5. The van der Waals surface area contributed by atoms with Crippen molar-refractivity contribution >= 4 is 5.91 Å². The van der Waals surface area contributed by atoms with Crippen LogP contribution in [0.4, 0.5) is 0 Å². The molecule has 140 valence electrons. The summed E-state index contributed by atoms with van der Waals surface area (Å²) >= 11 is 0. The molecule has 2 aromatic rings. The minimum Gasteiger partial charge on any atom is -0.469 e. The highest BCUT2D eigenvalue weighted by atomic mass is 16.5. The van der Waals surface area contributed by atoms with Gasteiger partial charge in [0.05, 0.1) is 11.9 Å². The Bertz CT molecular complexity index is 679. The van der Waals surface area contributed by atoms with Gasteiger partial charge in [-0.2, -0.15) is 0 Å². The molecule has 4 heteroatoms. The Hall–Kier alpha value is -2.07. The fourth-order valence-electron chi connectivity index (χ4n) is 3.74. The molecule has 1 fully saturated rings. The Balaban J connectivity index is 1.54. The standard InChI is InChI=1S/C22H29NO3/c1-22(2)16-19(11-14-26-22)21(24)23-12-10-18(20-9-6-13-25-20)15-17-7-4-3-5-8-17/h3-9,13,18-19H,10-12,14-16H2,1-2H3,(H,23,24)/t18-,19+/m0/s1. The number of furan rings is 1. The average molecular weight is 355 g/mol. The average Bonchev–Trinajstić information content (AvgIpc) is 3.15. The molecule has 1 aromatic carbocycles. The normalized spacial score (nSPS) is 20.5. The number of nitrogens with one attached hydrogen (secondary N) is 1. The van der Waals surface area contributed by atoms with Crippen LogP contribution in [0.3, 0.4) is 0 Å². The summed E-state index contributed by atoms with van der Waals surface area (Å²) in [5.41, 5.74) is 1.08. The van der Waals surface area contributed by atoms with Crippen LogP contribution in [-0.4, -0.2) is 24.7 Å². The highest BCUT2D eigenvalue weighted by Crippen LogP contribution is 2.29. The summed E-state index contributed by atoms with van der Waals surface area (Å²) < 4.78 is 11.4. The quantitative estimate of drug-likeness (QED) is 0.805. The van der Waals surface area contributed by atoms with E-state index in [9.17, 15) is 4.79 Å². The molecule has 1 aliphatic heterocycles. The van der Waals surface area contributed by atoms with Gasteiger partial charge >= 0.3 is 0 Å². The number of carbonyl (C=O) groups excluding carboxylic acids is 1. The zero-order valence-electron chi connectivity index (χ0n) is 15.7. The van der Waals surface area contributed by atoms with Gasteiger partial charge in [-0.1, -0.05) is 30.3 Å². The van der Waals surface area contributed by atoms with E-state index in [1.54, 1.807) is 6.26 Å². The molecule has 26 heavy (non-hydrogen) atoms. The highest BCUT2D eigenvalue weighted by Gasteiger charge is 2.32. The van der Waals surface area contributed by atoms with Crippen LogP contribution in [0.25, 0.3) is 0 Å². The van der Waals surface area contributed by atoms with Gasteiger partial charge in [0, 0.05) is 25.0 Å². The maximum atomic E-state index is 12.5. The molecule has 1 saturated heterocycles. The monoisotopic (exact) mass is 355 g/mol. The molecule has 0 bridgehead atoms. The van der Waals surface area contributed by atoms with E-state index in [0.717, 1.165) is 31.4 Å². The third kappa shape index (κ3) is 5.21. The van der Waals surface area contributed by atoms with E-state index < -0.39 is 0 Å². The van der Waals surface area contributed by atoms with Gasteiger partial charge in [0.15, 0.2) is 0 Å².